The van der Waals surface area contributed by atoms with Crippen LogP contribution in [0.25, 0.3) is 27.1 Å². The number of nitrogens with zero attached hydrogens (tertiary/aromatic N) is 5. The molecule has 7 heteroatoms. The second-order valence-electron chi connectivity index (χ2n) is 10.5. The molecule has 0 radical (unpaired) electrons. The quantitative estimate of drug-likeness (QED) is 0.571. The molecular weight excluding hydrogens is 438 g/mol. The minimum atomic E-state index is -0.277. The van der Waals surface area contributed by atoms with Crippen LogP contribution in [0.2, 0.25) is 0 Å². The number of hydrogen-bond acceptors (Lipinski definition) is 5. The average molecular weight is 470 g/mol. The van der Waals surface area contributed by atoms with Gasteiger partial charge in [0.25, 0.3) is 5.56 Å². The van der Waals surface area contributed by atoms with Crippen LogP contribution in [-0.2, 0) is 6.54 Å². The van der Waals surface area contributed by atoms with Gasteiger partial charge in [-0.2, -0.15) is 0 Å². The van der Waals surface area contributed by atoms with E-state index in [1.165, 1.54) is 0 Å². The Morgan fingerprint density at radius 1 is 1.09 bits per heavy atom. The summed E-state index contributed by atoms with van der Waals surface area (Å²) in [4.78, 5) is 27.6. The first-order chi connectivity index (χ1) is 17.1. The van der Waals surface area contributed by atoms with E-state index in [0.717, 1.165) is 69.5 Å². The number of anilines is 1. The van der Waals surface area contributed by atoms with E-state index >= 15 is 0 Å². The maximum Gasteiger partial charge on any atom is 0.261 e. The Bertz CT molecular complexity index is 1360. The van der Waals surface area contributed by atoms with Crippen LogP contribution in [0.15, 0.2) is 47.3 Å². The average Bonchev–Trinajstić information content (AvgIpc) is 3.21. The van der Waals surface area contributed by atoms with Crippen molar-refractivity contribution in [1.82, 2.24) is 14.5 Å². The summed E-state index contributed by atoms with van der Waals surface area (Å²) in [5.41, 5.74) is 2.70. The van der Waals surface area contributed by atoms with Gasteiger partial charge in [-0.05, 0) is 49.9 Å². The standard InChI is InChI=1S/C28H31N5O2/c1-29-21-5-2-4-20(16-21)26-30-25-7-6-23(32-15-14-31-12-8-22(32)9-13-31)17-24(25)27(35)33(26)18-28(19-34)10-3-11-28/h2,4-7,16-17,22,34H,3,8-15,18-19H2. The van der Waals surface area contributed by atoms with E-state index in [4.69, 9.17) is 11.6 Å². The summed E-state index contributed by atoms with van der Waals surface area (Å²) in [7, 11) is 0. The molecule has 0 unspecified atom stereocenters. The number of benzene rings is 2. The molecule has 1 aromatic heterocycles. The fourth-order valence-electron chi connectivity index (χ4n) is 6.07. The molecule has 0 atom stereocenters. The van der Waals surface area contributed by atoms with E-state index in [-0.39, 0.29) is 17.6 Å². The van der Waals surface area contributed by atoms with Gasteiger partial charge in [0.2, 0.25) is 0 Å². The zero-order chi connectivity index (χ0) is 24.0. The second-order valence-corrected chi connectivity index (χ2v) is 10.5. The third-order valence-electron chi connectivity index (χ3n) is 8.40. The Balaban J connectivity index is 1.49. The van der Waals surface area contributed by atoms with Crippen molar-refractivity contribution in [2.75, 3.05) is 37.7 Å². The van der Waals surface area contributed by atoms with Crippen LogP contribution >= 0.6 is 0 Å². The van der Waals surface area contributed by atoms with Crippen LogP contribution in [0.4, 0.5) is 11.4 Å². The van der Waals surface area contributed by atoms with Crippen LogP contribution < -0.4 is 10.5 Å². The minimum absolute atomic E-state index is 0.0605. The molecule has 2 aromatic carbocycles. The van der Waals surface area contributed by atoms with Gasteiger partial charge in [-0.3, -0.25) is 9.36 Å². The lowest BCUT2D eigenvalue weighted by atomic mass is 9.69. The van der Waals surface area contributed by atoms with Crippen LogP contribution in [0.1, 0.15) is 32.1 Å². The molecule has 3 aliphatic heterocycles. The van der Waals surface area contributed by atoms with E-state index in [1.807, 2.05) is 24.3 Å². The maximum atomic E-state index is 14.0. The van der Waals surface area contributed by atoms with Gasteiger partial charge in [-0.25, -0.2) is 9.83 Å². The second kappa shape index (κ2) is 8.78. The van der Waals surface area contributed by atoms with Crippen molar-refractivity contribution in [3.05, 3.63) is 64.2 Å². The Morgan fingerprint density at radius 2 is 1.91 bits per heavy atom. The van der Waals surface area contributed by atoms with E-state index in [9.17, 15) is 9.90 Å². The first-order valence-corrected chi connectivity index (χ1v) is 12.7. The molecule has 4 fully saturated rings. The Kier molecular flexibility index (Phi) is 5.58. The highest BCUT2D eigenvalue weighted by Crippen LogP contribution is 2.42. The maximum absolute atomic E-state index is 14.0. The first-order valence-electron chi connectivity index (χ1n) is 12.7. The number of piperidine rings is 1. The predicted octanol–water partition coefficient (Wildman–Crippen LogP) is 4.06. The summed E-state index contributed by atoms with van der Waals surface area (Å²) in [6.45, 7) is 12.3. The van der Waals surface area contributed by atoms with Crippen LogP contribution in [0.5, 0.6) is 0 Å². The SMILES string of the molecule is [C-]#[N+]c1cccc(-c2nc3ccc(N4CCN5CCC4CC5)cc3c(=O)n2CC2(CO)CCC2)c1. The highest BCUT2D eigenvalue weighted by Gasteiger charge is 2.38. The molecule has 4 heterocycles. The predicted molar refractivity (Wildman–Crippen MR) is 138 cm³/mol. The fourth-order valence-corrected chi connectivity index (χ4v) is 6.07. The number of fused-ring (bicyclic) bond motifs is 5. The number of rotatable bonds is 5. The summed E-state index contributed by atoms with van der Waals surface area (Å²) in [5, 5.41) is 10.8. The van der Waals surface area contributed by atoms with Crippen LogP contribution in [0.3, 0.4) is 0 Å². The van der Waals surface area contributed by atoms with Crippen molar-refractivity contribution in [2.24, 2.45) is 5.41 Å². The molecule has 0 amide bonds. The van der Waals surface area contributed by atoms with Crippen molar-refractivity contribution >= 4 is 22.3 Å². The topological polar surface area (TPSA) is 66.0 Å². The Hall–Kier alpha value is -3.21. The molecule has 3 saturated heterocycles. The normalized spacial score (nSPS) is 23.0. The Morgan fingerprint density at radius 3 is 2.63 bits per heavy atom. The van der Waals surface area contributed by atoms with E-state index < -0.39 is 0 Å². The van der Waals surface area contributed by atoms with Gasteiger partial charge in [-0.15, -0.1) is 0 Å². The third-order valence-corrected chi connectivity index (χ3v) is 8.40. The molecule has 3 aromatic rings. The largest absolute Gasteiger partial charge is 0.396 e. The lowest BCUT2D eigenvalue weighted by Crippen LogP contribution is -2.41. The summed E-state index contributed by atoms with van der Waals surface area (Å²) >= 11 is 0. The smallest absolute Gasteiger partial charge is 0.261 e. The Labute approximate surface area is 205 Å². The molecule has 1 aliphatic carbocycles. The molecule has 7 nitrogen and oxygen atoms in total. The summed E-state index contributed by atoms with van der Waals surface area (Å²) in [6, 6.07) is 13.9. The molecule has 7 rings (SSSR count). The van der Waals surface area contributed by atoms with Crippen molar-refractivity contribution in [2.45, 2.75) is 44.7 Å². The van der Waals surface area contributed by atoms with Gasteiger partial charge in [-0.1, -0.05) is 24.6 Å². The minimum Gasteiger partial charge on any atom is -0.396 e. The number of aromatic nitrogens is 2. The molecule has 4 aliphatic rings. The van der Waals surface area contributed by atoms with E-state index in [1.54, 1.807) is 16.7 Å². The van der Waals surface area contributed by atoms with Crippen molar-refractivity contribution in [3.8, 4) is 11.4 Å². The van der Waals surface area contributed by atoms with E-state index in [0.29, 0.717) is 35.0 Å². The highest BCUT2D eigenvalue weighted by atomic mass is 16.3. The lowest BCUT2D eigenvalue weighted by Gasteiger charge is -2.41. The van der Waals surface area contributed by atoms with Crippen molar-refractivity contribution in [3.63, 3.8) is 0 Å². The molecule has 180 valence electrons. The van der Waals surface area contributed by atoms with Crippen LogP contribution in [0, 0.1) is 12.0 Å². The number of hydrogen-bond donors (Lipinski definition) is 1. The zero-order valence-electron chi connectivity index (χ0n) is 20.0. The molecule has 1 N–H and O–H groups in total. The number of aliphatic hydroxyl groups is 1. The summed E-state index contributed by atoms with van der Waals surface area (Å²) in [5.74, 6) is 0.571. The van der Waals surface area contributed by atoms with Gasteiger partial charge in [0, 0.05) is 55.4 Å². The van der Waals surface area contributed by atoms with Crippen LogP contribution in [-0.4, -0.2) is 58.4 Å². The van der Waals surface area contributed by atoms with Crippen molar-refractivity contribution < 1.29 is 5.11 Å². The van der Waals surface area contributed by atoms with Crippen molar-refractivity contribution in [1.29, 1.82) is 0 Å². The third kappa shape index (κ3) is 3.91. The van der Waals surface area contributed by atoms with Gasteiger partial charge in [0.05, 0.1) is 24.1 Å². The molecule has 1 saturated carbocycles. The summed E-state index contributed by atoms with van der Waals surface area (Å²) in [6.07, 6.45) is 5.20. The van der Waals surface area contributed by atoms with Gasteiger partial charge in [0.1, 0.15) is 5.82 Å². The highest BCUT2D eigenvalue weighted by molar-refractivity contribution is 5.84. The molecular formula is C28H31N5O2. The fraction of sp³-hybridized carbons (Fsp3) is 0.464. The monoisotopic (exact) mass is 469 g/mol. The summed E-state index contributed by atoms with van der Waals surface area (Å²) < 4.78 is 1.75. The molecule has 0 spiro atoms. The van der Waals surface area contributed by atoms with E-state index in [2.05, 4.69) is 20.7 Å². The lowest BCUT2D eigenvalue weighted by molar-refractivity contribution is 0.0270. The first kappa shape index (κ1) is 22.3. The van der Waals surface area contributed by atoms with Gasteiger partial charge < -0.3 is 14.9 Å². The molecule has 2 bridgehead atoms. The van der Waals surface area contributed by atoms with Gasteiger partial charge >= 0.3 is 0 Å². The van der Waals surface area contributed by atoms with Gasteiger partial charge in [0.15, 0.2) is 5.69 Å². The number of aliphatic hydroxyl groups excluding tert-OH is 1. The zero-order valence-corrected chi connectivity index (χ0v) is 20.0. The molecule has 35 heavy (non-hydrogen) atoms.